The summed E-state index contributed by atoms with van der Waals surface area (Å²) in [5, 5.41) is 15.7. The summed E-state index contributed by atoms with van der Waals surface area (Å²) in [5.74, 6) is 0.171. The number of hydrogen-bond acceptors (Lipinski definition) is 3. The molecule has 1 aliphatic rings. The summed E-state index contributed by atoms with van der Waals surface area (Å²) in [7, 11) is 0. The number of aliphatic hydroxyl groups is 1. The molecule has 0 radical (unpaired) electrons. The van der Waals surface area contributed by atoms with Crippen molar-refractivity contribution in [3.8, 4) is 0 Å². The Hall–Kier alpha value is -0.610. The zero-order valence-electron chi connectivity index (χ0n) is 12.9. The molecule has 112 valence electrons. The second-order valence-corrected chi connectivity index (χ2v) is 6.79. The van der Waals surface area contributed by atoms with Gasteiger partial charge in [-0.15, -0.1) is 0 Å². The third-order valence-electron chi connectivity index (χ3n) is 4.49. The molecule has 4 nitrogen and oxygen atoms in total. The van der Waals surface area contributed by atoms with Crippen LogP contribution in [0, 0.1) is 10.8 Å². The van der Waals surface area contributed by atoms with Gasteiger partial charge in [0.25, 0.3) is 0 Å². The highest BCUT2D eigenvalue weighted by Gasteiger charge is 2.39. The molecule has 0 aromatic heterocycles. The SMILES string of the molecule is CCC1(C(=O)NC(CCO)C(C)(C)C)CCNCC1. The van der Waals surface area contributed by atoms with Gasteiger partial charge in [-0.05, 0) is 44.2 Å². The number of aliphatic hydroxyl groups excluding tert-OH is 1. The fourth-order valence-electron chi connectivity index (χ4n) is 2.81. The van der Waals surface area contributed by atoms with Crippen molar-refractivity contribution in [3.63, 3.8) is 0 Å². The minimum absolute atomic E-state index is 0.0275. The molecule has 0 aromatic carbocycles. The predicted octanol–water partition coefficient (Wildman–Crippen LogP) is 1.68. The lowest BCUT2D eigenvalue weighted by molar-refractivity contribution is -0.134. The van der Waals surface area contributed by atoms with Crippen molar-refractivity contribution in [2.75, 3.05) is 19.7 Å². The first kappa shape index (κ1) is 16.4. The van der Waals surface area contributed by atoms with Crippen LogP contribution in [0.15, 0.2) is 0 Å². The summed E-state index contributed by atoms with van der Waals surface area (Å²) in [6.45, 7) is 10.4. The van der Waals surface area contributed by atoms with Gasteiger partial charge >= 0.3 is 0 Å². The molecule has 1 rings (SSSR count). The number of hydrogen-bond donors (Lipinski definition) is 3. The van der Waals surface area contributed by atoms with Gasteiger partial charge < -0.3 is 15.7 Å². The van der Waals surface area contributed by atoms with Crippen molar-refractivity contribution in [1.29, 1.82) is 0 Å². The summed E-state index contributed by atoms with van der Waals surface area (Å²) in [6.07, 6.45) is 3.32. The maximum Gasteiger partial charge on any atom is 0.226 e. The molecule has 19 heavy (non-hydrogen) atoms. The summed E-state index contributed by atoms with van der Waals surface area (Å²) < 4.78 is 0. The normalized spacial score (nSPS) is 20.9. The highest BCUT2D eigenvalue weighted by atomic mass is 16.3. The fraction of sp³-hybridized carbons (Fsp3) is 0.933. The molecule has 1 heterocycles. The van der Waals surface area contributed by atoms with E-state index in [0.717, 1.165) is 32.4 Å². The van der Waals surface area contributed by atoms with Crippen LogP contribution in [0.25, 0.3) is 0 Å². The van der Waals surface area contributed by atoms with Crippen molar-refractivity contribution in [3.05, 3.63) is 0 Å². The number of piperidine rings is 1. The van der Waals surface area contributed by atoms with E-state index < -0.39 is 0 Å². The smallest absolute Gasteiger partial charge is 0.226 e. The summed E-state index contributed by atoms with van der Waals surface area (Å²) >= 11 is 0. The molecule has 1 unspecified atom stereocenters. The van der Waals surface area contributed by atoms with Gasteiger partial charge in [-0.25, -0.2) is 0 Å². The van der Waals surface area contributed by atoms with Crippen molar-refractivity contribution >= 4 is 5.91 Å². The van der Waals surface area contributed by atoms with E-state index in [4.69, 9.17) is 0 Å². The molecule has 0 saturated carbocycles. The minimum Gasteiger partial charge on any atom is -0.396 e. The molecular formula is C15H30N2O2. The van der Waals surface area contributed by atoms with E-state index >= 15 is 0 Å². The predicted molar refractivity (Wildman–Crippen MR) is 77.9 cm³/mol. The first-order chi connectivity index (χ1) is 8.85. The van der Waals surface area contributed by atoms with Gasteiger partial charge in [0, 0.05) is 12.6 Å². The van der Waals surface area contributed by atoms with Crippen molar-refractivity contribution < 1.29 is 9.90 Å². The van der Waals surface area contributed by atoms with Gasteiger partial charge in [-0.2, -0.15) is 0 Å². The topological polar surface area (TPSA) is 61.4 Å². The average molecular weight is 270 g/mol. The third-order valence-corrected chi connectivity index (χ3v) is 4.49. The molecule has 1 atom stereocenters. The average Bonchev–Trinajstić information content (AvgIpc) is 2.37. The van der Waals surface area contributed by atoms with Crippen LogP contribution in [0.4, 0.5) is 0 Å². The van der Waals surface area contributed by atoms with E-state index in [1.807, 2.05) is 0 Å². The molecule has 1 aliphatic heterocycles. The summed E-state index contributed by atoms with van der Waals surface area (Å²) in [5.41, 5.74) is -0.246. The standard InChI is InChI=1S/C15H30N2O2/c1-5-15(7-9-16-10-8-15)13(19)17-12(6-11-18)14(2,3)4/h12,16,18H,5-11H2,1-4H3,(H,17,19). The van der Waals surface area contributed by atoms with E-state index in [2.05, 4.69) is 38.3 Å². The van der Waals surface area contributed by atoms with Crippen molar-refractivity contribution in [1.82, 2.24) is 10.6 Å². The first-order valence-electron chi connectivity index (χ1n) is 7.48. The summed E-state index contributed by atoms with van der Waals surface area (Å²) in [4.78, 5) is 12.7. The van der Waals surface area contributed by atoms with Crippen LogP contribution in [-0.4, -0.2) is 36.8 Å². The lowest BCUT2D eigenvalue weighted by atomic mass is 9.75. The van der Waals surface area contributed by atoms with Crippen LogP contribution in [0.1, 0.15) is 53.4 Å². The molecule has 0 bridgehead atoms. The molecular weight excluding hydrogens is 240 g/mol. The number of rotatable bonds is 5. The highest BCUT2D eigenvalue weighted by molar-refractivity contribution is 5.83. The van der Waals surface area contributed by atoms with Crippen LogP contribution >= 0.6 is 0 Å². The number of carbonyl (C=O) groups is 1. The van der Waals surface area contributed by atoms with Crippen LogP contribution in [-0.2, 0) is 4.79 Å². The Morgan fingerprint density at radius 2 is 1.95 bits per heavy atom. The Bertz CT molecular complexity index is 291. The fourth-order valence-corrected chi connectivity index (χ4v) is 2.81. The second-order valence-electron chi connectivity index (χ2n) is 6.79. The Kier molecular flexibility index (Phi) is 5.81. The van der Waals surface area contributed by atoms with Crippen LogP contribution < -0.4 is 10.6 Å². The zero-order chi connectivity index (χ0) is 14.5. The van der Waals surface area contributed by atoms with Crippen molar-refractivity contribution in [2.24, 2.45) is 10.8 Å². The molecule has 4 heteroatoms. The quantitative estimate of drug-likeness (QED) is 0.712. The van der Waals surface area contributed by atoms with E-state index in [1.54, 1.807) is 0 Å². The molecule has 1 saturated heterocycles. The first-order valence-corrected chi connectivity index (χ1v) is 7.48. The summed E-state index contributed by atoms with van der Waals surface area (Å²) in [6, 6.07) is 0.0308. The minimum atomic E-state index is -0.218. The molecule has 0 aromatic rings. The molecule has 1 fully saturated rings. The van der Waals surface area contributed by atoms with Crippen LogP contribution in [0.3, 0.4) is 0 Å². The van der Waals surface area contributed by atoms with E-state index in [-0.39, 0.29) is 29.4 Å². The molecule has 0 spiro atoms. The Morgan fingerprint density at radius 1 is 1.37 bits per heavy atom. The second kappa shape index (κ2) is 6.71. The van der Waals surface area contributed by atoms with Gasteiger partial charge in [-0.3, -0.25) is 4.79 Å². The van der Waals surface area contributed by atoms with Crippen molar-refractivity contribution in [2.45, 2.75) is 59.4 Å². The molecule has 1 amide bonds. The molecule has 0 aliphatic carbocycles. The zero-order valence-corrected chi connectivity index (χ0v) is 12.9. The molecule has 3 N–H and O–H groups in total. The van der Waals surface area contributed by atoms with Gasteiger partial charge in [0.2, 0.25) is 5.91 Å². The lowest BCUT2D eigenvalue weighted by Gasteiger charge is -2.39. The van der Waals surface area contributed by atoms with E-state index in [0.29, 0.717) is 6.42 Å². The maximum atomic E-state index is 12.7. The lowest BCUT2D eigenvalue weighted by Crippen LogP contribution is -2.53. The number of nitrogens with one attached hydrogen (secondary N) is 2. The Labute approximate surface area is 117 Å². The Morgan fingerprint density at radius 3 is 2.37 bits per heavy atom. The van der Waals surface area contributed by atoms with Crippen LogP contribution in [0.5, 0.6) is 0 Å². The number of carbonyl (C=O) groups excluding carboxylic acids is 1. The van der Waals surface area contributed by atoms with Gasteiger partial charge in [0.15, 0.2) is 0 Å². The number of amides is 1. The van der Waals surface area contributed by atoms with Gasteiger partial charge in [0.1, 0.15) is 0 Å². The van der Waals surface area contributed by atoms with Gasteiger partial charge in [0.05, 0.1) is 5.41 Å². The highest BCUT2D eigenvalue weighted by Crippen LogP contribution is 2.34. The third kappa shape index (κ3) is 4.18. The van der Waals surface area contributed by atoms with Gasteiger partial charge in [-0.1, -0.05) is 27.7 Å². The monoisotopic (exact) mass is 270 g/mol. The van der Waals surface area contributed by atoms with E-state index in [9.17, 15) is 9.90 Å². The van der Waals surface area contributed by atoms with E-state index in [1.165, 1.54) is 0 Å². The maximum absolute atomic E-state index is 12.7. The van der Waals surface area contributed by atoms with Crippen LogP contribution in [0.2, 0.25) is 0 Å². The Balaban J connectivity index is 2.74. The largest absolute Gasteiger partial charge is 0.396 e.